The van der Waals surface area contributed by atoms with E-state index in [2.05, 4.69) is 9.58 Å². The summed E-state index contributed by atoms with van der Waals surface area (Å²) in [7, 11) is 1.34. The normalized spacial score (nSPS) is 10.1. The van der Waals surface area contributed by atoms with Crippen LogP contribution in [0.3, 0.4) is 0 Å². The maximum Gasteiger partial charge on any atom is 0.330 e. The third kappa shape index (κ3) is 4.22. The minimum atomic E-state index is -0.393. The number of ether oxygens (including phenoxy) is 2. The van der Waals surface area contributed by atoms with Gasteiger partial charge in [0.1, 0.15) is 11.5 Å². The zero-order valence-electron chi connectivity index (χ0n) is 11.4. The quantitative estimate of drug-likeness (QED) is 0.478. The number of carbonyl (C=O) groups excluding carboxylic acids is 1. The molecular formula is C17H13NO3. The molecule has 0 amide bonds. The number of methoxy groups -OCH3 is 1. The lowest BCUT2D eigenvalue weighted by atomic mass is 10.2. The van der Waals surface area contributed by atoms with E-state index in [1.807, 2.05) is 12.1 Å². The average Bonchev–Trinajstić information content (AvgIpc) is 2.54. The lowest BCUT2D eigenvalue weighted by Gasteiger charge is -2.05. The molecule has 0 radical (unpaired) electrons. The molecule has 2 aromatic rings. The van der Waals surface area contributed by atoms with E-state index < -0.39 is 5.97 Å². The van der Waals surface area contributed by atoms with Crippen molar-refractivity contribution in [1.29, 1.82) is 0 Å². The highest BCUT2D eigenvalue weighted by Gasteiger charge is 1.98. The van der Waals surface area contributed by atoms with Crippen LogP contribution in [-0.2, 0) is 9.53 Å². The number of rotatable bonds is 4. The third-order valence-electron chi connectivity index (χ3n) is 2.69. The van der Waals surface area contributed by atoms with Crippen LogP contribution in [0.15, 0.2) is 54.6 Å². The second-order valence-electron chi connectivity index (χ2n) is 4.13. The molecule has 21 heavy (non-hydrogen) atoms. The molecule has 104 valence electrons. The molecule has 0 unspecified atom stereocenters. The fourth-order valence-corrected chi connectivity index (χ4v) is 1.60. The number of benzene rings is 2. The SMILES string of the molecule is [C-]#[N+]c1ccc(Oc2ccc(/C=C/C(=O)OC)cc2)cc1. The summed E-state index contributed by atoms with van der Waals surface area (Å²) in [6.07, 6.45) is 3.03. The Balaban J connectivity index is 2.03. The summed E-state index contributed by atoms with van der Waals surface area (Å²) in [6, 6.07) is 14.2. The van der Waals surface area contributed by atoms with Gasteiger partial charge in [0.2, 0.25) is 0 Å². The zero-order valence-corrected chi connectivity index (χ0v) is 11.4. The van der Waals surface area contributed by atoms with E-state index >= 15 is 0 Å². The second-order valence-corrected chi connectivity index (χ2v) is 4.13. The van der Waals surface area contributed by atoms with Crippen LogP contribution < -0.4 is 4.74 Å². The average molecular weight is 279 g/mol. The Morgan fingerprint density at radius 1 is 1.05 bits per heavy atom. The monoisotopic (exact) mass is 279 g/mol. The van der Waals surface area contributed by atoms with E-state index in [-0.39, 0.29) is 0 Å². The van der Waals surface area contributed by atoms with Crippen molar-refractivity contribution in [3.05, 3.63) is 71.6 Å². The van der Waals surface area contributed by atoms with Gasteiger partial charge < -0.3 is 9.47 Å². The predicted molar refractivity (Wildman–Crippen MR) is 80.3 cm³/mol. The van der Waals surface area contributed by atoms with Gasteiger partial charge in [-0.15, -0.1) is 0 Å². The highest BCUT2D eigenvalue weighted by molar-refractivity contribution is 5.86. The largest absolute Gasteiger partial charge is 0.466 e. The van der Waals surface area contributed by atoms with Crippen molar-refractivity contribution < 1.29 is 14.3 Å². The first-order valence-corrected chi connectivity index (χ1v) is 6.23. The van der Waals surface area contributed by atoms with Gasteiger partial charge in [-0.3, -0.25) is 0 Å². The van der Waals surface area contributed by atoms with Crippen molar-refractivity contribution in [2.45, 2.75) is 0 Å². The van der Waals surface area contributed by atoms with E-state index in [1.165, 1.54) is 13.2 Å². The van der Waals surface area contributed by atoms with Gasteiger partial charge in [-0.2, -0.15) is 0 Å². The first-order chi connectivity index (χ1) is 10.2. The van der Waals surface area contributed by atoms with Crippen molar-refractivity contribution in [3.63, 3.8) is 0 Å². The van der Waals surface area contributed by atoms with E-state index in [0.29, 0.717) is 17.2 Å². The Hall–Kier alpha value is -3.06. The Labute approximate surface area is 123 Å². The molecule has 4 nitrogen and oxygen atoms in total. The Morgan fingerprint density at radius 2 is 1.62 bits per heavy atom. The highest BCUT2D eigenvalue weighted by atomic mass is 16.5. The number of esters is 1. The van der Waals surface area contributed by atoms with Crippen LogP contribution in [0.4, 0.5) is 5.69 Å². The summed E-state index contributed by atoms with van der Waals surface area (Å²) in [5, 5.41) is 0. The molecule has 2 rings (SSSR count). The van der Waals surface area contributed by atoms with Crippen LogP contribution in [0.2, 0.25) is 0 Å². The van der Waals surface area contributed by atoms with Crippen molar-refractivity contribution in [2.75, 3.05) is 7.11 Å². The van der Waals surface area contributed by atoms with E-state index in [1.54, 1.807) is 42.5 Å². The van der Waals surface area contributed by atoms with Gasteiger partial charge in [0.25, 0.3) is 0 Å². The summed E-state index contributed by atoms with van der Waals surface area (Å²) < 4.78 is 10.2. The molecule has 0 fully saturated rings. The van der Waals surface area contributed by atoms with Gasteiger partial charge in [0.15, 0.2) is 5.69 Å². The topological polar surface area (TPSA) is 39.9 Å². The molecule has 0 N–H and O–H groups in total. The molecule has 0 spiro atoms. The minimum Gasteiger partial charge on any atom is -0.466 e. The first-order valence-electron chi connectivity index (χ1n) is 6.23. The van der Waals surface area contributed by atoms with E-state index in [0.717, 1.165) is 5.56 Å². The van der Waals surface area contributed by atoms with Gasteiger partial charge in [-0.05, 0) is 35.9 Å². The van der Waals surface area contributed by atoms with Crippen molar-refractivity contribution in [1.82, 2.24) is 0 Å². The standard InChI is InChI=1S/C17H13NO3/c1-18-14-6-10-16(11-7-14)21-15-8-3-13(4-9-15)5-12-17(19)20-2/h3-12H,2H3/b12-5+. The molecule has 4 heteroatoms. The van der Waals surface area contributed by atoms with Crippen LogP contribution in [-0.4, -0.2) is 13.1 Å². The van der Waals surface area contributed by atoms with Crippen molar-refractivity contribution >= 4 is 17.7 Å². The molecule has 0 bridgehead atoms. The second kappa shape index (κ2) is 6.92. The van der Waals surface area contributed by atoms with Crippen LogP contribution >= 0.6 is 0 Å². The number of hydrogen-bond donors (Lipinski definition) is 0. The van der Waals surface area contributed by atoms with E-state index in [9.17, 15) is 4.79 Å². The van der Waals surface area contributed by atoms with Crippen LogP contribution in [0, 0.1) is 6.57 Å². The summed E-state index contributed by atoms with van der Waals surface area (Å²) in [4.78, 5) is 14.3. The van der Waals surface area contributed by atoms with Crippen molar-refractivity contribution in [2.24, 2.45) is 0 Å². The fraction of sp³-hybridized carbons (Fsp3) is 0.0588. The van der Waals surface area contributed by atoms with Crippen LogP contribution in [0.25, 0.3) is 10.9 Å². The molecule has 0 heterocycles. The summed E-state index contributed by atoms with van der Waals surface area (Å²) in [5.74, 6) is 0.955. The summed E-state index contributed by atoms with van der Waals surface area (Å²) >= 11 is 0. The molecular weight excluding hydrogens is 266 g/mol. The molecule has 0 atom stereocenters. The van der Waals surface area contributed by atoms with Crippen molar-refractivity contribution in [3.8, 4) is 11.5 Å². The zero-order chi connectivity index (χ0) is 15.1. The molecule has 0 saturated carbocycles. The lowest BCUT2D eigenvalue weighted by molar-refractivity contribution is -0.134. The smallest absolute Gasteiger partial charge is 0.330 e. The van der Waals surface area contributed by atoms with Gasteiger partial charge >= 0.3 is 5.97 Å². The number of hydrogen-bond acceptors (Lipinski definition) is 3. The summed E-state index contributed by atoms with van der Waals surface area (Å²) in [6.45, 7) is 6.89. The van der Waals surface area contributed by atoms with Crippen LogP contribution in [0.1, 0.15) is 5.56 Å². The predicted octanol–water partition coefficient (Wildman–Crippen LogP) is 4.22. The Morgan fingerprint density at radius 3 is 2.14 bits per heavy atom. The fourth-order valence-electron chi connectivity index (χ4n) is 1.60. The van der Waals surface area contributed by atoms with Gasteiger partial charge in [-0.1, -0.05) is 24.3 Å². The molecule has 0 aliphatic carbocycles. The maximum atomic E-state index is 11.0. The minimum absolute atomic E-state index is 0.393. The first kappa shape index (κ1) is 14.4. The van der Waals surface area contributed by atoms with E-state index in [4.69, 9.17) is 11.3 Å². The van der Waals surface area contributed by atoms with Gasteiger partial charge in [-0.25, -0.2) is 9.64 Å². The van der Waals surface area contributed by atoms with Crippen LogP contribution in [0.5, 0.6) is 11.5 Å². The molecule has 0 aromatic heterocycles. The highest BCUT2D eigenvalue weighted by Crippen LogP contribution is 2.24. The van der Waals surface area contributed by atoms with Gasteiger partial charge in [0.05, 0.1) is 13.7 Å². The molecule has 2 aromatic carbocycles. The molecule has 0 saturated heterocycles. The molecule has 0 aliphatic rings. The maximum absolute atomic E-state index is 11.0. The Bertz CT molecular complexity index is 679. The number of carbonyl (C=O) groups is 1. The summed E-state index contributed by atoms with van der Waals surface area (Å²) in [5.41, 5.74) is 1.45. The Kier molecular flexibility index (Phi) is 4.73. The number of nitrogens with zero attached hydrogens (tertiary/aromatic N) is 1. The third-order valence-corrected chi connectivity index (χ3v) is 2.69. The van der Waals surface area contributed by atoms with Gasteiger partial charge in [0, 0.05) is 6.08 Å². The lowest BCUT2D eigenvalue weighted by Crippen LogP contribution is -1.93. The molecule has 0 aliphatic heterocycles.